The van der Waals surface area contributed by atoms with E-state index in [0.717, 1.165) is 33.1 Å². The van der Waals surface area contributed by atoms with Crippen molar-refractivity contribution in [1.82, 2.24) is 10.3 Å². The van der Waals surface area contributed by atoms with Crippen molar-refractivity contribution in [2.24, 2.45) is 0 Å². The molecule has 5 nitrogen and oxygen atoms in total. The van der Waals surface area contributed by atoms with Gasteiger partial charge in [0.05, 0.1) is 17.3 Å². The van der Waals surface area contributed by atoms with Crippen molar-refractivity contribution >= 4 is 23.3 Å². The summed E-state index contributed by atoms with van der Waals surface area (Å²) in [4.78, 5) is 16.6. The van der Waals surface area contributed by atoms with Crippen LogP contribution >= 0.6 is 11.3 Å². The van der Waals surface area contributed by atoms with E-state index in [4.69, 9.17) is 9.47 Å². The van der Waals surface area contributed by atoms with Gasteiger partial charge in [0.2, 0.25) is 5.91 Å². The van der Waals surface area contributed by atoms with Gasteiger partial charge in [0.25, 0.3) is 0 Å². The number of carbonyl (C=O) groups is 1. The Morgan fingerprint density at radius 1 is 1.10 bits per heavy atom. The highest BCUT2D eigenvalue weighted by Crippen LogP contribution is 2.16. The summed E-state index contributed by atoms with van der Waals surface area (Å²) in [5.74, 6) is 0.633. The second kappa shape index (κ2) is 11.3. The van der Waals surface area contributed by atoms with Gasteiger partial charge in [-0.1, -0.05) is 36.4 Å². The first-order valence-electron chi connectivity index (χ1n) is 9.88. The SMILES string of the molecule is CCOCc1ccccc1CNC(=O)/C=C/c1ccc(OCc2csc(C)n2)cc1. The van der Waals surface area contributed by atoms with Gasteiger partial charge < -0.3 is 14.8 Å². The van der Waals surface area contributed by atoms with Crippen LogP contribution in [0.25, 0.3) is 6.08 Å². The molecule has 0 aliphatic carbocycles. The fraction of sp³-hybridized carbons (Fsp3) is 0.250. The van der Waals surface area contributed by atoms with E-state index in [-0.39, 0.29) is 5.91 Å². The van der Waals surface area contributed by atoms with Crippen LogP contribution in [0.3, 0.4) is 0 Å². The Bertz CT molecular complexity index is 980. The molecular weight excluding hydrogens is 396 g/mol. The Kier molecular flexibility index (Phi) is 8.18. The summed E-state index contributed by atoms with van der Waals surface area (Å²) in [6, 6.07) is 15.6. The summed E-state index contributed by atoms with van der Waals surface area (Å²) in [5.41, 5.74) is 4.01. The van der Waals surface area contributed by atoms with E-state index >= 15 is 0 Å². The zero-order valence-corrected chi connectivity index (χ0v) is 18.1. The van der Waals surface area contributed by atoms with Crippen molar-refractivity contribution in [3.8, 4) is 5.75 Å². The number of thiazole rings is 1. The third-order valence-electron chi connectivity index (χ3n) is 4.39. The summed E-state index contributed by atoms with van der Waals surface area (Å²) in [7, 11) is 0. The standard InChI is InChI=1S/C24H26N2O3S/c1-3-28-15-21-7-5-4-6-20(21)14-25-24(27)13-10-19-8-11-23(12-9-19)29-16-22-17-30-18(2)26-22/h4-13,17H,3,14-16H2,1-2H3,(H,25,27)/b13-10+. The van der Waals surface area contributed by atoms with Crippen molar-refractivity contribution in [1.29, 1.82) is 0 Å². The second-order valence-corrected chi connectivity index (χ2v) is 7.73. The normalized spacial score (nSPS) is 11.0. The number of aromatic nitrogens is 1. The van der Waals surface area contributed by atoms with E-state index in [2.05, 4.69) is 10.3 Å². The number of hydrogen-bond donors (Lipinski definition) is 1. The van der Waals surface area contributed by atoms with Gasteiger partial charge in [-0.15, -0.1) is 11.3 Å². The molecule has 0 fully saturated rings. The molecule has 0 radical (unpaired) electrons. The average Bonchev–Trinajstić information content (AvgIpc) is 3.19. The van der Waals surface area contributed by atoms with Crippen molar-refractivity contribution < 1.29 is 14.3 Å². The number of nitrogens with zero attached hydrogens (tertiary/aromatic N) is 1. The molecule has 1 N–H and O–H groups in total. The van der Waals surface area contributed by atoms with Gasteiger partial charge in [0.15, 0.2) is 0 Å². The molecular formula is C24H26N2O3S. The van der Waals surface area contributed by atoms with E-state index in [1.54, 1.807) is 23.5 Å². The number of hydrogen-bond acceptors (Lipinski definition) is 5. The van der Waals surface area contributed by atoms with Crippen LogP contribution in [0, 0.1) is 6.92 Å². The van der Waals surface area contributed by atoms with Gasteiger partial charge in [-0.25, -0.2) is 4.98 Å². The molecule has 0 bridgehead atoms. The van der Waals surface area contributed by atoms with Crippen molar-refractivity contribution in [3.05, 3.63) is 87.4 Å². The summed E-state index contributed by atoms with van der Waals surface area (Å²) >= 11 is 1.61. The Morgan fingerprint density at radius 3 is 2.57 bits per heavy atom. The average molecular weight is 423 g/mol. The van der Waals surface area contributed by atoms with E-state index < -0.39 is 0 Å². The lowest BCUT2D eigenvalue weighted by Crippen LogP contribution is -2.21. The lowest BCUT2D eigenvalue weighted by molar-refractivity contribution is -0.116. The van der Waals surface area contributed by atoms with E-state index in [9.17, 15) is 4.79 Å². The highest BCUT2D eigenvalue weighted by Gasteiger charge is 2.04. The van der Waals surface area contributed by atoms with Crippen LogP contribution in [0.4, 0.5) is 0 Å². The summed E-state index contributed by atoms with van der Waals surface area (Å²) in [6.07, 6.45) is 3.33. The van der Waals surface area contributed by atoms with Gasteiger partial charge in [-0.05, 0) is 48.7 Å². The fourth-order valence-corrected chi connectivity index (χ4v) is 3.40. The van der Waals surface area contributed by atoms with Gasteiger partial charge in [0, 0.05) is 24.6 Å². The molecule has 30 heavy (non-hydrogen) atoms. The van der Waals surface area contributed by atoms with Crippen LogP contribution in [-0.4, -0.2) is 17.5 Å². The minimum Gasteiger partial charge on any atom is -0.487 e. The Morgan fingerprint density at radius 2 is 1.87 bits per heavy atom. The molecule has 0 spiro atoms. The largest absolute Gasteiger partial charge is 0.487 e. The van der Waals surface area contributed by atoms with Crippen molar-refractivity contribution in [3.63, 3.8) is 0 Å². The topological polar surface area (TPSA) is 60.5 Å². The quantitative estimate of drug-likeness (QED) is 0.472. The summed E-state index contributed by atoms with van der Waals surface area (Å²) < 4.78 is 11.2. The molecule has 156 valence electrons. The molecule has 0 unspecified atom stereocenters. The molecule has 1 aromatic heterocycles. The number of aryl methyl sites for hydroxylation is 1. The lowest BCUT2D eigenvalue weighted by atomic mass is 10.1. The number of nitrogens with one attached hydrogen (secondary N) is 1. The number of amides is 1. The molecule has 0 aliphatic rings. The number of rotatable bonds is 10. The maximum absolute atomic E-state index is 12.2. The monoisotopic (exact) mass is 422 g/mol. The van der Waals surface area contributed by atoms with Crippen LogP contribution in [0.5, 0.6) is 5.75 Å². The molecule has 1 amide bonds. The molecule has 0 saturated carbocycles. The van der Waals surface area contributed by atoms with Crippen LogP contribution < -0.4 is 10.1 Å². The first-order valence-corrected chi connectivity index (χ1v) is 10.8. The molecule has 0 atom stereocenters. The Balaban J connectivity index is 1.47. The molecule has 3 rings (SSSR count). The first-order chi connectivity index (χ1) is 14.6. The number of ether oxygens (including phenoxy) is 2. The van der Waals surface area contributed by atoms with E-state index in [0.29, 0.717) is 26.4 Å². The van der Waals surface area contributed by atoms with Gasteiger partial charge >= 0.3 is 0 Å². The molecule has 0 saturated heterocycles. The zero-order valence-electron chi connectivity index (χ0n) is 17.3. The first kappa shape index (κ1) is 21.7. The lowest BCUT2D eigenvalue weighted by Gasteiger charge is -2.09. The minimum atomic E-state index is -0.138. The third kappa shape index (κ3) is 6.83. The molecule has 2 aromatic carbocycles. The van der Waals surface area contributed by atoms with Crippen LogP contribution in [0.15, 0.2) is 60.0 Å². The fourth-order valence-electron chi connectivity index (χ4n) is 2.80. The van der Waals surface area contributed by atoms with E-state index in [1.165, 1.54) is 0 Å². The number of benzene rings is 2. The molecule has 3 aromatic rings. The Labute approximate surface area is 181 Å². The van der Waals surface area contributed by atoms with Crippen LogP contribution in [0.2, 0.25) is 0 Å². The van der Waals surface area contributed by atoms with Crippen LogP contribution in [-0.2, 0) is 29.3 Å². The smallest absolute Gasteiger partial charge is 0.244 e. The molecule has 1 heterocycles. The van der Waals surface area contributed by atoms with E-state index in [1.807, 2.05) is 67.8 Å². The molecule has 6 heteroatoms. The zero-order chi connectivity index (χ0) is 21.2. The second-order valence-electron chi connectivity index (χ2n) is 6.67. The predicted octanol–water partition coefficient (Wildman–Crippen LogP) is 4.90. The maximum atomic E-state index is 12.2. The predicted molar refractivity (Wildman–Crippen MR) is 120 cm³/mol. The van der Waals surface area contributed by atoms with Crippen LogP contribution in [0.1, 0.15) is 34.3 Å². The summed E-state index contributed by atoms with van der Waals surface area (Å²) in [5, 5.41) is 5.96. The van der Waals surface area contributed by atoms with Gasteiger partial charge in [-0.3, -0.25) is 4.79 Å². The Hall–Kier alpha value is -2.96. The van der Waals surface area contributed by atoms with Crippen molar-refractivity contribution in [2.75, 3.05) is 6.61 Å². The minimum absolute atomic E-state index is 0.138. The third-order valence-corrected chi connectivity index (χ3v) is 5.22. The molecule has 0 aliphatic heterocycles. The maximum Gasteiger partial charge on any atom is 0.244 e. The summed E-state index contributed by atoms with van der Waals surface area (Å²) in [6.45, 7) is 6.08. The van der Waals surface area contributed by atoms with Gasteiger partial charge in [0.1, 0.15) is 12.4 Å². The van der Waals surface area contributed by atoms with Crippen molar-refractivity contribution in [2.45, 2.75) is 33.6 Å². The highest BCUT2D eigenvalue weighted by atomic mass is 32.1. The number of carbonyl (C=O) groups excluding carboxylic acids is 1. The van der Waals surface area contributed by atoms with Gasteiger partial charge in [-0.2, -0.15) is 0 Å². The highest BCUT2D eigenvalue weighted by molar-refractivity contribution is 7.09.